The molecular weight excluding hydrogens is 604 g/mol. The molecule has 4 saturated carbocycles. The highest BCUT2D eigenvalue weighted by Crippen LogP contribution is 2.70. The van der Waals surface area contributed by atoms with Crippen LogP contribution in [0.15, 0.2) is 35.9 Å². The van der Waals surface area contributed by atoms with Gasteiger partial charge >= 0.3 is 5.97 Å². The molecule has 10 nitrogen and oxygen atoms in total. The van der Waals surface area contributed by atoms with E-state index in [9.17, 15) is 19.8 Å². The summed E-state index contributed by atoms with van der Waals surface area (Å²) < 4.78 is 36.0. The molecule has 47 heavy (non-hydrogen) atoms. The lowest BCUT2D eigenvalue weighted by molar-refractivity contribution is -0.278. The number of hydrogen-bond acceptors (Lipinski definition) is 10. The number of aliphatic hydroxyl groups is 2. The topological polar surface area (TPSA) is 130 Å². The van der Waals surface area contributed by atoms with Crippen molar-refractivity contribution in [2.45, 2.75) is 126 Å². The SMILES string of the molecule is COc1ccc([C@H]2O[C@H]3[C@@H](C)O[C@@H](O[C@H]4CC[C@]5(C=O)[C@H]6CC[C@]7(C)[C@@H](C8=CC(=O)OC8)CC[C@]7(O)[C@@H]6CC[C@]5(O)C4)C[C@H]3O2)cc1. The van der Waals surface area contributed by atoms with E-state index in [-0.39, 0.29) is 48.1 Å². The van der Waals surface area contributed by atoms with Crippen LogP contribution in [-0.2, 0) is 33.3 Å². The van der Waals surface area contributed by atoms with Crippen LogP contribution in [0.5, 0.6) is 5.75 Å². The van der Waals surface area contributed by atoms with Gasteiger partial charge in [-0.3, -0.25) is 0 Å². The van der Waals surface area contributed by atoms with Gasteiger partial charge in [-0.2, -0.15) is 0 Å². The molecule has 3 heterocycles. The van der Waals surface area contributed by atoms with Gasteiger partial charge in [-0.15, -0.1) is 0 Å². The molecule has 0 radical (unpaired) electrons. The van der Waals surface area contributed by atoms with E-state index in [0.29, 0.717) is 51.6 Å². The molecule has 3 aliphatic heterocycles. The van der Waals surface area contributed by atoms with E-state index in [0.717, 1.165) is 42.4 Å². The molecule has 0 aromatic heterocycles. The van der Waals surface area contributed by atoms with Gasteiger partial charge in [-0.25, -0.2) is 4.79 Å². The lowest BCUT2D eigenvalue weighted by atomic mass is 9.41. The first-order valence-electron chi connectivity index (χ1n) is 17.6. The van der Waals surface area contributed by atoms with Crippen molar-refractivity contribution >= 4 is 12.3 Å². The van der Waals surface area contributed by atoms with E-state index < -0.39 is 34.6 Å². The molecule has 8 rings (SSSR count). The van der Waals surface area contributed by atoms with Gasteiger partial charge in [0.2, 0.25) is 0 Å². The lowest BCUT2D eigenvalue weighted by Gasteiger charge is -2.65. The normalized spacial score (nSPS) is 48.8. The van der Waals surface area contributed by atoms with E-state index in [1.165, 1.54) is 0 Å². The minimum absolute atomic E-state index is 0.0789. The summed E-state index contributed by atoms with van der Waals surface area (Å²) >= 11 is 0. The van der Waals surface area contributed by atoms with Crippen LogP contribution in [0, 0.1) is 28.6 Å². The number of hydrogen-bond donors (Lipinski definition) is 2. The molecule has 1 aromatic carbocycles. The van der Waals surface area contributed by atoms with Crippen molar-refractivity contribution in [2.24, 2.45) is 28.6 Å². The zero-order chi connectivity index (χ0) is 32.8. The number of carbonyl (C=O) groups excluding carboxylic acids is 2. The van der Waals surface area contributed by atoms with Gasteiger partial charge in [0.05, 0.1) is 42.0 Å². The molecule has 2 N–H and O–H groups in total. The van der Waals surface area contributed by atoms with Crippen molar-refractivity contribution < 1.29 is 48.2 Å². The number of aldehydes is 1. The quantitative estimate of drug-likeness (QED) is 0.257. The summed E-state index contributed by atoms with van der Waals surface area (Å²) in [4.78, 5) is 25.1. The van der Waals surface area contributed by atoms with Gasteiger partial charge < -0.3 is 43.4 Å². The third-order valence-electron chi connectivity index (χ3n) is 13.8. The Morgan fingerprint density at radius 2 is 1.74 bits per heavy atom. The number of rotatable bonds is 6. The Morgan fingerprint density at radius 1 is 0.957 bits per heavy atom. The molecule has 2 saturated heterocycles. The minimum Gasteiger partial charge on any atom is -0.497 e. The summed E-state index contributed by atoms with van der Waals surface area (Å²) in [5, 5.41) is 24.9. The highest BCUT2D eigenvalue weighted by molar-refractivity contribution is 5.85. The Kier molecular flexibility index (Phi) is 7.70. The molecule has 256 valence electrons. The van der Waals surface area contributed by atoms with Gasteiger partial charge in [0.15, 0.2) is 12.6 Å². The Labute approximate surface area is 276 Å². The van der Waals surface area contributed by atoms with Crippen LogP contribution < -0.4 is 4.74 Å². The largest absolute Gasteiger partial charge is 0.497 e. The summed E-state index contributed by atoms with van der Waals surface area (Å²) in [6.07, 6.45) is 6.74. The lowest BCUT2D eigenvalue weighted by Crippen LogP contribution is -2.69. The van der Waals surface area contributed by atoms with Crippen LogP contribution in [0.3, 0.4) is 0 Å². The number of benzene rings is 1. The van der Waals surface area contributed by atoms with E-state index in [1.54, 1.807) is 13.2 Å². The predicted molar refractivity (Wildman–Crippen MR) is 167 cm³/mol. The predicted octanol–water partition coefficient (Wildman–Crippen LogP) is 4.55. The molecule has 6 fully saturated rings. The van der Waals surface area contributed by atoms with E-state index in [4.69, 9.17) is 28.4 Å². The van der Waals surface area contributed by atoms with Gasteiger partial charge in [-0.05, 0) is 93.7 Å². The van der Waals surface area contributed by atoms with E-state index >= 15 is 0 Å². The fourth-order valence-corrected chi connectivity index (χ4v) is 11.3. The fraction of sp³-hybridized carbons (Fsp3) is 0.730. The molecule has 7 aliphatic rings. The minimum atomic E-state index is -1.22. The Bertz CT molecular complexity index is 1430. The van der Waals surface area contributed by atoms with Gasteiger partial charge in [-0.1, -0.05) is 19.1 Å². The van der Waals surface area contributed by atoms with Crippen LogP contribution in [-0.4, -0.2) is 78.1 Å². The zero-order valence-electron chi connectivity index (χ0n) is 27.6. The molecule has 10 heteroatoms. The van der Waals surface area contributed by atoms with E-state index in [2.05, 4.69) is 6.92 Å². The van der Waals surface area contributed by atoms with Crippen molar-refractivity contribution in [3.05, 3.63) is 41.5 Å². The second-order valence-electron chi connectivity index (χ2n) is 15.6. The number of ether oxygens (including phenoxy) is 6. The van der Waals surface area contributed by atoms with Crippen LogP contribution in [0.25, 0.3) is 0 Å². The standard InChI is InChI=1S/C37H48O10/c1-21-32-29(46-33(47-32)22-4-6-24(42-3)7-5-22)17-31(44-21)45-25-8-13-35(20-38)27-9-12-34(2)26(23-16-30(39)43-19-23)11-15-37(34,41)28(27)10-14-36(35,40)18-25/h4-7,16,20-21,25-29,31-33,40-41H,8-15,17-19H2,1-3H3/t21-,25+,26-,27+,28-,29-,31+,32+,33-,34-,35+,36+,37+/m1/s1. The smallest absolute Gasteiger partial charge is 0.331 e. The van der Waals surface area contributed by atoms with Crippen molar-refractivity contribution in [2.75, 3.05) is 13.7 Å². The van der Waals surface area contributed by atoms with Gasteiger partial charge in [0.25, 0.3) is 0 Å². The third-order valence-corrected chi connectivity index (χ3v) is 13.8. The molecule has 0 bridgehead atoms. The van der Waals surface area contributed by atoms with Crippen molar-refractivity contribution in [1.82, 2.24) is 0 Å². The second kappa shape index (κ2) is 11.4. The Balaban J connectivity index is 0.948. The summed E-state index contributed by atoms with van der Waals surface area (Å²) in [7, 11) is 1.64. The average Bonchev–Trinajstić information content (AvgIpc) is 3.76. The molecule has 1 aromatic rings. The number of carbonyl (C=O) groups is 2. The first kappa shape index (κ1) is 31.9. The van der Waals surface area contributed by atoms with Crippen LogP contribution in [0.4, 0.5) is 0 Å². The zero-order valence-corrected chi connectivity index (χ0v) is 27.6. The highest BCUT2D eigenvalue weighted by atomic mass is 16.8. The van der Waals surface area contributed by atoms with Crippen LogP contribution in [0.1, 0.15) is 89.9 Å². The number of cyclic esters (lactones) is 1. The number of fused-ring (bicyclic) bond motifs is 6. The Hall–Kier alpha value is -2.34. The summed E-state index contributed by atoms with van der Waals surface area (Å²) in [5.41, 5.74) is -1.62. The molecule has 4 aliphatic carbocycles. The fourth-order valence-electron chi connectivity index (χ4n) is 11.3. The molecule has 13 atom stereocenters. The maximum absolute atomic E-state index is 13.2. The molecular formula is C37H48O10. The first-order chi connectivity index (χ1) is 22.5. The molecule has 0 spiro atoms. The first-order valence-corrected chi connectivity index (χ1v) is 17.6. The molecule has 0 amide bonds. The van der Waals surface area contributed by atoms with Crippen molar-refractivity contribution in [1.29, 1.82) is 0 Å². The second-order valence-corrected chi connectivity index (χ2v) is 15.6. The maximum Gasteiger partial charge on any atom is 0.331 e. The van der Waals surface area contributed by atoms with Crippen molar-refractivity contribution in [3.8, 4) is 5.75 Å². The van der Waals surface area contributed by atoms with E-state index in [1.807, 2.05) is 31.2 Å². The van der Waals surface area contributed by atoms with Crippen molar-refractivity contribution in [3.63, 3.8) is 0 Å². The monoisotopic (exact) mass is 652 g/mol. The van der Waals surface area contributed by atoms with Gasteiger partial charge in [0.1, 0.15) is 24.7 Å². The number of methoxy groups -OCH3 is 1. The summed E-state index contributed by atoms with van der Waals surface area (Å²) in [6, 6.07) is 7.66. The average molecular weight is 653 g/mol. The number of esters is 1. The Morgan fingerprint density at radius 3 is 2.47 bits per heavy atom. The highest BCUT2D eigenvalue weighted by Gasteiger charge is 2.71. The summed E-state index contributed by atoms with van der Waals surface area (Å²) in [6.45, 7) is 4.44. The summed E-state index contributed by atoms with van der Waals surface area (Å²) in [5.74, 6) is 0.342. The van der Waals surface area contributed by atoms with Gasteiger partial charge in [0, 0.05) is 29.9 Å². The maximum atomic E-state index is 13.2. The van der Waals surface area contributed by atoms with Crippen LogP contribution >= 0.6 is 0 Å². The molecule has 0 unspecified atom stereocenters. The van der Waals surface area contributed by atoms with Crippen LogP contribution in [0.2, 0.25) is 0 Å². The third kappa shape index (κ3) is 4.72.